The standard InChI is InChI=1S/C15H16FN3O/c16-12-3-5-13(6-4-12)20-14-9-18-15(19-10-14)11-2-1-7-17-8-11/h3-6,9-11,17H,1-2,7-8H2. The molecule has 1 aromatic heterocycles. The van der Waals surface area contributed by atoms with Gasteiger partial charge in [-0.15, -0.1) is 0 Å². The van der Waals surface area contributed by atoms with E-state index < -0.39 is 0 Å². The minimum Gasteiger partial charge on any atom is -0.454 e. The van der Waals surface area contributed by atoms with Crippen molar-refractivity contribution in [3.63, 3.8) is 0 Å². The van der Waals surface area contributed by atoms with Crippen LogP contribution in [0.5, 0.6) is 11.5 Å². The van der Waals surface area contributed by atoms with Crippen LogP contribution < -0.4 is 10.1 Å². The summed E-state index contributed by atoms with van der Waals surface area (Å²) in [5.74, 6) is 2.08. The highest BCUT2D eigenvalue weighted by Crippen LogP contribution is 2.23. The highest BCUT2D eigenvalue weighted by atomic mass is 19.1. The number of nitrogens with one attached hydrogen (secondary N) is 1. The van der Waals surface area contributed by atoms with E-state index >= 15 is 0 Å². The van der Waals surface area contributed by atoms with Crippen LogP contribution in [0.4, 0.5) is 4.39 Å². The highest BCUT2D eigenvalue weighted by Gasteiger charge is 2.17. The summed E-state index contributed by atoms with van der Waals surface area (Å²) in [6.07, 6.45) is 5.60. The summed E-state index contributed by atoms with van der Waals surface area (Å²) in [4.78, 5) is 8.73. The van der Waals surface area contributed by atoms with Gasteiger partial charge in [-0.05, 0) is 43.7 Å². The second-order valence-corrected chi connectivity index (χ2v) is 4.88. The van der Waals surface area contributed by atoms with Crippen LogP contribution in [0, 0.1) is 5.82 Å². The lowest BCUT2D eigenvalue weighted by Crippen LogP contribution is -2.29. The fourth-order valence-corrected chi connectivity index (χ4v) is 2.30. The summed E-state index contributed by atoms with van der Waals surface area (Å²) in [7, 11) is 0. The molecule has 0 saturated carbocycles. The number of halogens is 1. The number of hydrogen-bond acceptors (Lipinski definition) is 4. The summed E-state index contributed by atoms with van der Waals surface area (Å²) >= 11 is 0. The Morgan fingerprint density at radius 3 is 2.50 bits per heavy atom. The summed E-state index contributed by atoms with van der Waals surface area (Å²) < 4.78 is 18.4. The van der Waals surface area contributed by atoms with Crippen molar-refractivity contribution < 1.29 is 9.13 Å². The molecule has 0 amide bonds. The minimum atomic E-state index is -0.284. The van der Waals surface area contributed by atoms with Gasteiger partial charge >= 0.3 is 0 Å². The Morgan fingerprint density at radius 2 is 1.85 bits per heavy atom. The smallest absolute Gasteiger partial charge is 0.164 e. The summed E-state index contributed by atoms with van der Waals surface area (Å²) in [5, 5.41) is 3.35. The number of rotatable bonds is 3. The van der Waals surface area contributed by atoms with Crippen LogP contribution in [0.25, 0.3) is 0 Å². The van der Waals surface area contributed by atoms with Gasteiger partial charge in [-0.25, -0.2) is 14.4 Å². The molecule has 1 aliphatic heterocycles. The molecule has 2 heterocycles. The van der Waals surface area contributed by atoms with Crippen molar-refractivity contribution in [3.8, 4) is 11.5 Å². The Bertz CT molecular complexity index is 550. The molecule has 0 aliphatic carbocycles. The van der Waals surface area contributed by atoms with Crippen LogP contribution in [-0.2, 0) is 0 Å². The molecule has 1 aliphatic rings. The van der Waals surface area contributed by atoms with E-state index in [-0.39, 0.29) is 5.82 Å². The fourth-order valence-electron chi connectivity index (χ4n) is 2.30. The van der Waals surface area contributed by atoms with Gasteiger partial charge in [0, 0.05) is 12.5 Å². The van der Waals surface area contributed by atoms with Gasteiger partial charge < -0.3 is 10.1 Å². The third-order valence-electron chi connectivity index (χ3n) is 3.36. The van der Waals surface area contributed by atoms with E-state index in [0.29, 0.717) is 17.4 Å². The first-order valence-electron chi connectivity index (χ1n) is 6.77. The normalized spacial score (nSPS) is 18.8. The zero-order valence-corrected chi connectivity index (χ0v) is 11.1. The summed E-state index contributed by atoms with van der Waals surface area (Å²) in [6, 6.07) is 5.87. The van der Waals surface area contributed by atoms with E-state index in [9.17, 15) is 4.39 Å². The molecule has 1 fully saturated rings. The molecule has 4 nitrogen and oxygen atoms in total. The molecule has 3 rings (SSSR count). The molecule has 1 aromatic carbocycles. The van der Waals surface area contributed by atoms with Crippen molar-refractivity contribution >= 4 is 0 Å². The Labute approximate surface area is 117 Å². The second-order valence-electron chi connectivity index (χ2n) is 4.88. The van der Waals surface area contributed by atoms with Crippen molar-refractivity contribution in [2.45, 2.75) is 18.8 Å². The first-order valence-corrected chi connectivity index (χ1v) is 6.77. The summed E-state index contributed by atoms with van der Waals surface area (Å²) in [6.45, 7) is 2.00. The van der Waals surface area contributed by atoms with E-state index in [1.54, 1.807) is 24.5 Å². The molecule has 0 bridgehead atoms. The largest absolute Gasteiger partial charge is 0.454 e. The van der Waals surface area contributed by atoms with Gasteiger partial charge in [0.25, 0.3) is 0 Å². The molecule has 5 heteroatoms. The molecule has 1 N–H and O–H groups in total. The van der Waals surface area contributed by atoms with Crippen molar-refractivity contribution in [2.24, 2.45) is 0 Å². The number of aromatic nitrogens is 2. The van der Waals surface area contributed by atoms with Crippen LogP contribution in [0.3, 0.4) is 0 Å². The zero-order chi connectivity index (χ0) is 13.8. The molecular formula is C15H16FN3O. The van der Waals surface area contributed by atoms with Gasteiger partial charge in [-0.3, -0.25) is 0 Å². The van der Waals surface area contributed by atoms with E-state index in [0.717, 1.165) is 31.8 Å². The monoisotopic (exact) mass is 273 g/mol. The Balaban J connectivity index is 1.67. The van der Waals surface area contributed by atoms with Crippen molar-refractivity contribution in [1.29, 1.82) is 0 Å². The molecule has 104 valence electrons. The first kappa shape index (κ1) is 13.0. The highest BCUT2D eigenvalue weighted by molar-refractivity contribution is 5.28. The van der Waals surface area contributed by atoms with Crippen molar-refractivity contribution in [3.05, 3.63) is 48.3 Å². The number of benzene rings is 1. The predicted molar refractivity (Wildman–Crippen MR) is 73.4 cm³/mol. The van der Waals surface area contributed by atoms with Gasteiger partial charge in [0.15, 0.2) is 5.75 Å². The fraction of sp³-hybridized carbons (Fsp3) is 0.333. The van der Waals surface area contributed by atoms with Crippen LogP contribution in [0.15, 0.2) is 36.7 Å². The van der Waals surface area contributed by atoms with Crippen LogP contribution in [-0.4, -0.2) is 23.1 Å². The molecule has 0 spiro atoms. The maximum Gasteiger partial charge on any atom is 0.164 e. The van der Waals surface area contributed by atoms with E-state index in [4.69, 9.17) is 4.74 Å². The van der Waals surface area contributed by atoms with E-state index in [1.165, 1.54) is 12.1 Å². The second kappa shape index (κ2) is 5.96. The van der Waals surface area contributed by atoms with Crippen LogP contribution >= 0.6 is 0 Å². The number of ether oxygens (including phenoxy) is 1. The third kappa shape index (κ3) is 3.11. The molecule has 1 unspecified atom stereocenters. The van der Waals surface area contributed by atoms with Crippen LogP contribution in [0.2, 0.25) is 0 Å². The zero-order valence-electron chi connectivity index (χ0n) is 11.1. The van der Waals surface area contributed by atoms with E-state index in [1.807, 2.05) is 0 Å². The van der Waals surface area contributed by atoms with Gasteiger partial charge in [0.05, 0.1) is 12.4 Å². The Morgan fingerprint density at radius 1 is 1.10 bits per heavy atom. The predicted octanol–water partition coefficient (Wildman–Crippen LogP) is 2.88. The first-order chi connectivity index (χ1) is 9.81. The minimum absolute atomic E-state index is 0.284. The van der Waals surface area contributed by atoms with Gasteiger partial charge in [-0.2, -0.15) is 0 Å². The average Bonchev–Trinajstić information content (AvgIpc) is 2.51. The lowest BCUT2D eigenvalue weighted by atomic mass is 9.99. The number of piperidine rings is 1. The topological polar surface area (TPSA) is 47.0 Å². The van der Waals surface area contributed by atoms with Gasteiger partial charge in [-0.1, -0.05) is 0 Å². The molecule has 20 heavy (non-hydrogen) atoms. The Hall–Kier alpha value is -2.01. The van der Waals surface area contributed by atoms with Crippen molar-refractivity contribution in [2.75, 3.05) is 13.1 Å². The van der Waals surface area contributed by atoms with Crippen LogP contribution in [0.1, 0.15) is 24.6 Å². The molecule has 0 radical (unpaired) electrons. The SMILES string of the molecule is Fc1ccc(Oc2cnc(C3CCCNC3)nc2)cc1. The van der Waals surface area contributed by atoms with E-state index in [2.05, 4.69) is 15.3 Å². The lowest BCUT2D eigenvalue weighted by Gasteiger charge is -2.21. The molecule has 1 atom stereocenters. The molecule has 2 aromatic rings. The number of nitrogens with zero attached hydrogens (tertiary/aromatic N) is 2. The van der Waals surface area contributed by atoms with Gasteiger partial charge in [0.1, 0.15) is 17.4 Å². The Kier molecular flexibility index (Phi) is 3.87. The van der Waals surface area contributed by atoms with Crippen molar-refractivity contribution in [1.82, 2.24) is 15.3 Å². The molecule has 1 saturated heterocycles. The lowest BCUT2D eigenvalue weighted by molar-refractivity contribution is 0.440. The van der Waals surface area contributed by atoms with Gasteiger partial charge in [0.2, 0.25) is 0 Å². The quantitative estimate of drug-likeness (QED) is 0.934. The summed E-state index contributed by atoms with van der Waals surface area (Å²) in [5.41, 5.74) is 0. The third-order valence-corrected chi connectivity index (χ3v) is 3.36. The maximum atomic E-state index is 12.8. The molecular weight excluding hydrogens is 257 g/mol. The number of hydrogen-bond donors (Lipinski definition) is 1. The maximum absolute atomic E-state index is 12.8. The average molecular weight is 273 g/mol.